The van der Waals surface area contributed by atoms with Crippen LogP contribution in [0.25, 0.3) is 10.2 Å². The van der Waals surface area contributed by atoms with E-state index in [1.54, 1.807) is 4.90 Å². The molecule has 1 heterocycles. The molecule has 0 N–H and O–H groups in total. The van der Waals surface area contributed by atoms with Crippen molar-refractivity contribution in [3.05, 3.63) is 59.7 Å². The molecule has 4 aliphatic rings. The fraction of sp³-hybridized carbons (Fsp3) is 0.440. The third-order valence-corrected chi connectivity index (χ3v) is 8.58. The smallest absolute Gasteiger partial charge is 0.235 e. The van der Waals surface area contributed by atoms with E-state index < -0.39 is 11.6 Å². The summed E-state index contributed by atoms with van der Waals surface area (Å²) in [7, 11) is 0. The van der Waals surface area contributed by atoms with Crippen LogP contribution in [-0.2, 0) is 11.3 Å². The van der Waals surface area contributed by atoms with Gasteiger partial charge in [0.15, 0.2) is 10.9 Å². The third-order valence-electron chi connectivity index (χ3n) is 7.55. The first-order valence-corrected chi connectivity index (χ1v) is 11.9. The van der Waals surface area contributed by atoms with Crippen LogP contribution in [0.2, 0.25) is 0 Å². The SMILES string of the molecule is O=C(N(Cc1ccccc1)c1nc2c(F)cc(F)cc2s1)C12CC3CC(CC(C3)C1)C2. The highest BCUT2D eigenvalue weighted by Crippen LogP contribution is 2.61. The maximum atomic E-state index is 14.4. The second kappa shape index (κ2) is 7.09. The summed E-state index contributed by atoms with van der Waals surface area (Å²) in [5.41, 5.74) is 0.815. The lowest BCUT2D eigenvalue weighted by Gasteiger charge is -2.56. The van der Waals surface area contributed by atoms with Crippen molar-refractivity contribution in [1.29, 1.82) is 0 Å². The van der Waals surface area contributed by atoms with Gasteiger partial charge >= 0.3 is 0 Å². The first-order valence-electron chi connectivity index (χ1n) is 11.1. The summed E-state index contributed by atoms with van der Waals surface area (Å²) in [6.45, 7) is 0.394. The normalized spacial score (nSPS) is 28.9. The number of amides is 1. The van der Waals surface area contributed by atoms with Gasteiger partial charge in [-0.3, -0.25) is 9.69 Å². The van der Waals surface area contributed by atoms with E-state index in [0.29, 0.717) is 34.1 Å². The molecule has 4 saturated carbocycles. The van der Waals surface area contributed by atoms with Crippen LogP contribution >= 0.6 is 11.3 Å². The molecule has 0 aliphatic heterocycles. The zero-order chi connectivity index (χ0) is 21.2. The Hall–Kier alpha value is -2.34. The third kappa shape index (κ3) is 3.27. The highest BCUT2D eigenvalue weighted by atomic mass is 32.1. The first kappa shape index (κ1) is 19.4. The second-order valence-corrected chi connectivity index (χ2v) is 10.8. The summed E-state index contributed by atoms with van der Waals surface area (Å²) in [6.07, 6.45) is 6.65. The molecule has 31 heavy (non-hydrogen) atoms. The van der Waals surface area contributed by atoms with Crippen LogP contribution in [0.3, 0.4) is 0 Å². The molecular formula is C25H24F2N2OS. The van der Waals surface area contributed by atoms with E-state index in [9.17, 15) is 13.6 Å². The number of thiazole rings is 1. The Morgan fingerprint density at radius 1 is 1.03 bits per heavy atom. The number of nitrogens with zero attached hydrogens (tertiary/aromatic N) is 2. The van der Waals surface area contributed by atoms with Gasteiger partial charge in [-0.25, -0.2) is 13.8 Å². The number of carbonyl (C=O) groups excluding carboxylic acids is 1. The lowest BCUT2D eigenvalue weighted by Crippen LogP contribution is -2.54. The number of benzene rings is 2. The van der Waals surface area contributed by atoms with E-state index in [-0.39, 0.29) is 16.8 Å². The molecule has 0 atom stereocenters. The average Bonchev–Trinajstić information content (AvgIpc) is 3.15. The Kier molecular flexibility index (Phi) is 4.43. The van der Waals surface area contributed by atoms with Crippen molar-refractivity contribution < 1.29 is 13.6 Å². The second-order valence-electron chi connectivity index (χ2n) is 9.81. The monoisotopic (exact) mass is 438 g/mol. The predicted molar refractivity (Wildman–Crippen MR) is 118 cm³/mol. The summed E-state index contributed by atoms with van der Waals surface area (Å²) < 4.78 is 28.6. The van der Waals surface area contributed by atoms with Crippen LogP contribution < -0.4 is 4.90 Å². The average molecular weight is 439 g/mol. The minimum atomic E-state index is -0.681. The van der Waals surface area contributed by atoms with Crippen LogP contribution in [0, 0.1) is 34.8 Å². The van der Waals surface area contributed by atoms with E-state index in [0.717, 1.165) is 30.9 Å². The van der Waals surface area contributed by atoms with Gasteiger partial charge in [0.1, 0.15) is 11.3 Å². The summed E-state index contributed by atoms with van der Waals surface area (Å²) in [4.78, 5) is 20.4. The van der Waals surface area contributed by atoms with E-state index in [4.69, 9.17) is 0 Å². The van der Waals surface area contributed by atoms with Gasteiger partial charge < -0.3 is 0 Å². The van der Waals surface area contributed by atoms with Crippen LogP contribution in [0.5, 0.6) is 0 Å². The topological polar surface area (TPSA) is 33.2 Å². The van der Waals surface area contributed by atoms with Crippen LogP contribution in [0.15, 0.2) is 42.5 Å². The zero-order valence-corrected chi connectivity index (χ0v) is 18.0. The van der Waals surface area contributed by atoms with E-state index in [1.165, 1.54) is 36.7 Å². The molecule has 4 bridgehead atoms. The largest absolute Gasteiger partial charge is 0.283 e. The van der Waals surface area contributed by atoms with Gasteiger partial charge in [0.2, 0.25) is 5.91 Å². The molecule has 4 fully saturated rings. The molecule has 4 aliphatic carbocycles. The highest BCUT2D eigenvalue weighted by molar-refractivity contribution is 7.22. The van der Waals surface area contributed by atoms with E-state index in [2.05, 4.69) is 4.98 Å². The van der Waals surface area contributed by atoms with Gasteiger partial charge in [-0.15, -0.1) is 0 Å². The van der Waals surface area contributed by atoms with Crippen molar-refractivity contribution in [1.82, 2.24) is 4.98 Å². The van der Waals surface area contributed by atoms with Gasteiger partial charge in [-0.1, -0.05) is 41.7 Å². The quantitative estimate of drug-likeness (QED) is 0.477. The molecule has 3 nitrogen and oxygen atoms in total. The highest BCUT2D eigenvalue weighted by Gasteiger charge is 2.56. The molecule has 0 spiro atoms. The van der Waals surface area contributed by atoms with E-state index >= 15 is 0 Å². The Balaban J connectivity index is 1.42. The van der Waals surface area contributed by atoms with Crippen LogP contribution in [-0.4, -0.2) is 10.9 Å². The number of halogens is 2. The van der Waals surface area contributed by atoms with Crippen molar-refractivity contribution in [2.24, 2.45) is 23.2 Å². The number of hydrogen-bond donors (Lipinski definition) is 0. The Morgan fingerprint density at radius 2 is 1.68 bits per heavy atom. The van der Waals surface area contributed by atoms with Crippen molar-refractivity contribution >= 4 is 32.6 Å². The molecular weight excluding hydrogens is 414 g/mol. The number of fused-ring (bicyclic) bond motifs is 1. The maximum Gasteiger partial charge on any atom is 0.235 e. The van der Waals surface area contributed by atoms with Gasteiger partial charge in [-0.05, 0) is 67.9 Å². The molecule has 1 aromatic heterocycles. The minimum Gasteiger partial charge on any atom is -0.283 e. The molecule has 7 rings (SSSR count). The summed E-state index contributed by atoms with van der Waals surface area (Å²) in [5.74, 6) is 0.763. The molecule has 0 unspecified atom stereocenters. The number of carbonyl (C=O) groups is 1. The Morgan fingerprint density at radius 3 is 2.32 bits per heavy atom. The summed E-state index contributed by atoms with van der Waals surface area (Å²) >= 11 is 1.20. The fourth-order valence-corrected chi connectivity index (χ4v) is 7.71. The van der Waals surface area contributed by atoms with Gasteiger partial charge in [0.25, 0.3) is 0 Å². The minimum absolute atomic E-state index is 0.121. The molecule has 1 amide bonds. The van der Waals surface area contributed by atoms with E-state index in [1.807, 2.05) is 30.3 Å². The molecule has 0 saturated heterocycles. The lowest BCUT2D eigenvalue weighted by molar-refractivity contribution is -0.143. The number of hydrogen-bond acceptors (Lipinski definition) is 3. The molecule has 6 heteroatoms. The van der Waals surface area contributed by atoms with Gasteiger partial charge in [0, 0.05) is 6.07 Å². The number of anilines is 1. The molecule has 160 valence electrons. The van der Waals surface area contributed by atoms with Crippen molar-refractivity contribution in [2.45, 2.75) is 45.1 Å². The number of rotatable bonds is 4. The Bertz CT molecular complexity index is 1120. The maximum absolute atomic E-state index is 14.4. The predicted octanol–water partition coefficient (Wildman–Crippen LogP) is 6.32. The van der Waals surface area contributed by atoms with Gasteiger partial charge in [0.05, 0.1) is 16.7 Å². The van der Waals surface area contributed by atoms with Gasteiger partial charge in [-0.2, -0.15) is 0 Å². The molecule has 0 radical (unpaired) electrons. The standard InChI is InChI=1S/C25H24F2N2OS/c26-19-9-20(27)22-21(10-19)31-24(28-22)29(14-15-4-2-1-3-5-15)23(30)25-11-16-6-17(12-25)8-18(7-16)13-25/h1-5,9-10,16-18H,6-8,11-14H2. The molecule has 3 aromatic rings. The summed E-state index contributed by atoms with van der Waals surface area (Å²) in [5, 5.41) is 0.462. The van der Waals surface area contributed by atoms with Crippen LogP contribution in [0.4, 0.5) is 13.9 Å². The zero-order valence-electron chi connectivity index (χ0n) is 17.2. The fourth-order valence-electron chi connectivity index (χ4n) is 6.71. The number of aromatic nitrogens is 1. The lowest BCUT2D eigenvalue weighted by atomic mass is 9.49. The van der Waals surface area contributed by atoms with Crippen molar-refractivity contribution in [3.8, 4) is 0 Å². The molecule has 2 aromatic carbocycles. The Labute approximate surface area is 184 Å². The first-order chi connectivity index (χ1) is 15.0. The van der Waals surface area contributed by atoms with Crippen molar-refractivity contribution in [2.75, 3.05) is 4.90 Å². The summed E-state index contributed by atoms with van der Waals surface area (Å²) in [6, 6.07) is 12.0. The van der Waals surface area contributed by atoms with Crippen LogP contribution in [0.1, 0.15) is 44.1 Å². The van der Waals surface area contributed by atoms with Crippen molar-refractivity contribution in [3.63, 3.8) is 0 Å².